The van der Waals surface area contributed by atoms with Crippen LogP contribution < -0.4 is 0 Å². The zero-order valence-electron chi connectivity index (χ0n) is 12.6. The SMILES string of the molecule is CCC(O)C(C)CO.CCCC(O)C(C)(C)CO. The van der Waals surface area contributed by atoms with Crippen LogP contribution >= 0.6 is 0 Å². The maximum absolute atomic E-state index is 9.42. The van der Waals surface area contributed by atoms with E-state index in [9.17, 15) is 5.11 Å². The van der Waals surface area contributed by atoms with Gasteiger partial charge in [0.1, 0.15) is 0 Å². The number of rotatable bonds is 7. The molecule has 0 radical (unpaired) electrons. The lowest BCUT2D eigenvalue weighted by molar-refractivity contribution is 0.00254. The van der Waals surface area contributed by atoms with E-state index in [0.717, 1.165) is 19.3 Å². The summed E-state index contributed by atoms with van der Waals surface area (Å²) in [5.41, 5.74) is -0.337. The van der Waals surface area contributed by atoms with E-state index >= 15 is 0 Å². The van der Waals surface area contributed by atoms with E-state index in [1.54, 1.807) is 0 Å². The minimum atomic E-state index is -0.373. The van der Waals surface area contributed by atoms with Crippen molar-refractivity contribution in [1.29, 1.82) is 0 Å². The number of hydrogen-bond donors (Lipinski definition) is 4. The van der Waals surface area contributed by atoms with Gasteiger partial charge >= 0.3 is 0 Å². The highest BCUT2D eigenvalue weighted by Crippen LogP contribution is 2.22. The van der Waals surface area contributed by atoms with E-state index in [2.05, 4.69) is 0 Å². The van der Waals surface area contributed by atoms with Crippen LogP contribution in [0.1, 0.15) is 53.9 Å². The van der Waals surface area contributed by atoms with E-state index in [4.69, 9.17) is 15.3 Å². The molecule has 0 spiro atoms. The first-order valence-electron chi connectivity index (χ1n) is 6.84. The Morgan fingerprint density at radius 2 is 1.56 bits per heavy atom. The summed E-state index contributed by atoms with van der Waals surface area (Å²) in [6.45, 7) is 9.62. The molecule has 4 N–H and O–H groups in total. The first kappa shape index (κ1) is 20.2. The van der Waals surface area contributed by atoms with Gasteiger partial charge in [-0.05, 0) is 12.8 Å². The Balaban J connectivity index is 0. The molecule has 0 rings (SSSR count). The van der Waals surface area contributed by atoms with Crippen molar-refractivity contribution in [3.05, 3.63) is 0 Å². The molecule has 0 amide bonds. The molecule has 0 aromatic heterocycles. The Morgan fingerprint density at radius 3 is 1.78 bits per heavy atom. The fraction of sp³-hybridized carbons (Fsp3) is 1.00. The van der Waals surface area contributed by atoms with Crippen LogP contribution in [-0.2, 0) is 0 Å². The van der Waals surface area contributed by atoms with Crippen molar-refractivity contribution >= 4 is 0 Å². The van der Waals surface area contributed by atoms with Crippen molar-refractivity contribution in [2.24, 2.45) is 11.3 Å². The molecule has 0 aliphatic rings. The van der Waals surface area contributed by atoms with Gasteiger partial charge in [0.05, 0.1) is 18.8 Å². The van der Waals surface area contributed by atoms with Gasteiger partial charge in [-0.3, -0.25) is 0 Å². The quantitative estimate of drug-likeness (QED) is 0.562. The van der Waals surface area contributed by atoms with Crippen molar-refractivity contribution in [1.82, 2.24) is 0 Å². The Morgan fingerprint density at radius 1 is 1.06 bits per heavy atom. The summed E-state index contributed by atoms with van der Waals surface area (Å²) in [7, 11) is 0. The molecule has 3 atom stereocenters. The molecule has 0 fully saturated rings. The van der Waals surface area contributed by atoms with Crippen molar-refractivity contribution in [2.45, 2.75) is 66.1 Å². The van der Waals surface area contributed by atoms with Crippen molar-refractivity contribution < 1.29 is 20.4 Å². The van der Waals surface area contributed by atoms with Gasteiger partial charge in [0.2, 0.25) is 0 Å². The molecular weight excluding hydrogens is 232 g/mol. The highest BCUT2D eigenvalue weighted by atomic mass is 16.3. The maximum Gasteiger partial charge on any atom is 0.0612 e. The molecule has 0 heterocycles. The molecule has 0 saturated carbocycles. The molecule has 0 aromatic rings. The third-order valence-electron chi connectivity index (χ3n) is 3.23. The van der Waals surface area contributed by atoms with Crippen LogP contribution in [0.2, 0.25) is 0 Å². The second-order valence-electron chi connectivity index (χ2n) is 5.59. The average Bonchev–Trinajstić information content (AvgIpc) is 2.37. The van der Waals surface area contributed by atoms with Crippen molar-refractivity contribution in [2.75, 3.05) is 13.2 Å². The second kappa shape index (κ2) is 10.7. The fourth-order valence-corrected chi connectivity index (χ4v) is 1.29. The lowest BCUT2D eigenvalue weighted by atomic mass is 9.85. The number of aliphatic hydroxyl groups is 4. The summed E-state index contributed by atoms with van der Waals surface area (Å²) in [6, 6.07) is 0. The first-order chi connectivity index (χ1) is 8.26. The third-order valence-corrected chi connectivity index (χ3v) is 3.23. The molecule has 3 unspecified atom stereocenters. The molecule has 0 aliphatic heterocycles. The second-order valence-corrected chi connectivity index (χ2v) is 5.59. The molecule has 112 valence electrons. The minimum absolute atomic E-state index is 0.0278. The predicted octanol–water partition coefficient (Wildman–Crippen LogP) is 1.55. The van der Waals surface area contributed by atoms with Crippen LogP contribution in [0.5, 0.6) is 0 Å². The van der Waals surface area contributed by atoms with Crippen LogP contribution in [0.15, 0.2) is 0 Å². The van der Waals surface area contributed by atoms with Crippen LogP contribution in [0.3, 0.4) is 0 Å². The zero-order valence-corrected chi connectivity index (χ0v) is 12.6. The highest BCUT2D eigenvalue weighted by Gasteiger charge is 2.25. The minimum Gasteiger partial charge on any atom is -0.396 e. The monoisotopic (exact) mass is 264 g/mol. The Labute approximate surface area is 112 Å². The Hall–Kier alpha value is -0.160. The number of aliphatic hydroxyl groups excluding tert-OH is 4. The fourth-order valence-electron chi connectivity index (χ4n) is 1.29. The topological polar surface area (TPSA) is 80.9 Å². The molecule has 0 bridgehead atoms. The summed E-state index contributed by atoms with van der Waals surface area (Å²) < 4.78 is 0. The van der Waals surface area contributed by atoms with Crippen molar-refractivity contribution in [3.8, 4) is 0 Å². The predicted molar refractivity (Wildman–Crippen MR) is 74.3 cm³/mol. The first-order valence-corrected chi connectivity index (χ1v) is 6.84. The highest BCUT2D eigenvalue weighted by molar-refractivity contribution is 4.75. The van der Waals surface area contributed by atoms with Crippen LogP contribution in [0, 0.1) is 11.3 Å². The summed E-state index contributed by atoms with van der Waals surface area (Å²) in [5, 5.41) is 35.7. The van der Waals surface area contributed by atoms with E-state index in [-0.39, 0.29) is 36.8 Å². The van der Waals surface area contributed by atoms with Gasteiger partial charge in [0.15, 0.2) is 0 Å². The number of hydrogen-bond acceptors (Lipinski definition) is 4. The van der Waals surface area contributed by atoms with E-state index in [1.807, 2.05) is 34.6 Å². The van der Waals surface area contributed by atoms with Crippen LogP contribution in [0.25, 0.3) is 0 Å². The van der Waals surface area contributed by atoms with Crippen LogP contribution in [-0.4, -0.2) is 45.8 Å². The van der Waals surface area contributed by atoms with Gasteiger partial charge in [0, 0.05) is 17.9 Å². The Kier molecular flexibility index (Phi) is 12.0. The van der Waals surface area contributed by atoms with Gasteiger partial charge in [-0.1, -0.05) is 41.0 Å². The molecule has 0 saturated heterocycles. The van der Waals surface area contributed by atoms with Crippen LogP contribution in [0.4, 0.5) is 0 Å². The van der Waals surface area contributed by atoms with E-state index in [0.29, 0.717) is 0 Å². The lowest BCUT2D eigenvalue weighted by Crippen LogP contribution is -2.32. The van der Waals surface area contributed by atoms with Crippen molar-refractivity contribution in [3.63, 3.8) is 0 Å². The standard InChI is InChI=1S/C8H18O2.C6H14O2/c1-4-5-7(10)8(2,3)6-9;1-3-6(8)5(2)4-7/h7,9-10H,4-6H2,1-3H3;5-8H,3-4H2,1-2H3. The van der Waals surface area contributed by atoms with E-state index in [1.165, 1.54) is 0 Å². The van der Waals surface area contributed by atoms with E-state index < -0.39 is 0 Å². The Bertz CT molecular complexity index is 175. The third kappa shape index (κ3) is 8.86. The molecule has 0 aromatic carbocycles. The van der Waals surface area contributed by atoms with Gasteiger partial charge in [-0.25, -0.2) is 0 Å². The van der Waals surface area contributed by atoms with Gasteiger partial charge in [-0.2, -0.15) is 0 Å². The zero-order chi connectivity index (χ0) is 14.8. The normalized spacial score (nSPS) is 16.5. The average molecular weight is 264 g/mol. The summed E-state index contributed by atoms with van der Waals surface area (Å²) >= 11 is 0. The molecule has 4 heteroatoms. The van der Waals surface area contributed by atoms with Gasteiger partial charge in [0.25, 0.3) is 0 Å². The molecule has 0 aliphatic carbocycles. The van der Waals surface area contributed by atoms with Gasteiger partial charge < -0.3 is 20.4 Å². The molecule has 18 heavy (non-hydrogen) atoms. The summed E-state index contributed by atoms with van der Waals surface area (Å²) in [6.07, 6.45) is 1.75. The lowest BCUT2D eigenvalue weighted by Gasteiger charge is -2.27. The van der Waals surface area contributed by atoms with Gasteiger partial charge in [-0.15, -0.1) is 0 Å². The smallest absolute Gasteiger partial charge is 0.0612 e. The summed E-state index contributed by atoms with van der Waals surface area (Å²) in [5.74, 6) is 0.0278. The largest absolute Gasteiger partial charge is 0.396 e. The molecule has 4 nitrogen and oxygen atoms in total. The summed E-state index contributed by atoms with van der Waals surface area (Å²) in [4.78, 5) is 0. The maximum atomic E-state index is 9.42. The molecular formula is C14H32O4.